The molecule has 2 aromatic heterocycles. The zero-order valence-corrected chi connectivity index (χ0v) is 11.3. The molecule has 3 rings (SSSR count). The van der Waals surface area contributed by atoms with Gasteiger partial charge in [-0.2, -0.15) is 0 Å². The molecule has 88 valence electrons. The summed E-state index contributed by atoms with van der Waals surface area (Å²) in [6, 6.07) is 8.17. The van der Waals surface area contributed by atoms with E-state index >= 15 is 0 Å². The first-order chi connectivity index (χ1) is 8.24. The van der Waals surface area contributed by atoms with E-state index in [0.717, 1.165) is 28.0 Å². The molecule has 0 fully saturated rings. The summed E-state index contributed by atoms with van der Waals surface area (Å²) in [7, 11) is 3.99. The van der Waals surface area contributed by atoms with Gasteiger partial charge in [0, 0.05) is 13.6 Å². The second-order valence-electron chi connectivity index (χ2n) is 4.06. The Hall–Kier alpha value is -1.33. The van der Waals surface area contributed by atoms with Crippen molar-refractivity contribution in [1.29, 1.82) is 0 Å². The molecule has 1 N–H and O–H groups in total. The quantitative estimate of drug-likeness (QED) is 0.787. The number of fused-ring (bicyclic) bond motifs is 3. The highest BCUT2D eigenvalue weighted by molar-refractivity contribution is 9.10. The van der Waals surface area contributed by atoms with Crippen molar-refractivity contribution >= 4 is 32.7 Å². The third kappa shape index (κ3) is 1.42. The van der Waals surface area contributed by atoms with Gasteiger partial charge < -0.3 is 9.88 Å². The second kappa shape index (κ2) is 3.85. The van der Waals surface area contributed by atoms with Gasteiger partial charge in [-0.3, -0.25) is 4.40 Å². The molecular weight excluding hydrogens is 280 g/mol. The molecule has 1 aromatic carbocycles. The van der Waals surface area contributed by atoms with Gasteiger partial charge in [-0.15, -0.1) is 0 Å². The molecule has 0 unspecified atom stereocenters. The smallest absolute Gasteiger partial charge is 0.215 e. The number of halogens is 1. The highest BCUT2D eigenvalue weighted by Crippen LogP contribution is 2.26. The topological polar surface area (TPSA) is 34.3 Å². The molecule has 5 heteroatoms. The minimum absolute atomic E-state index is 0.814. The van der Waals surface area contributed by atoms with E-state index in [2.05, 4.69) is 41.3 Å². The van der Waals surface area contributed by atoms with Gasteiger partial charge in [-0.05, 0) is 35.1 Å². The normalized spacial score (nSPS) is 11.7. The Morgan fingerprint density at radius 2 is 2.12 bits per heavy atom. The van der Waals surface area contributed by atoms with Gasteiger partial charge in [-0.25, -0.2) is 4.98 Å². The lowest BCUT2D eigenvalue weighted by Gasteiger charge is -2.01. The Labute approximate surface area is 107 Å². The number of aromatic nitrogens is 3. The number of benzene rings is 1. The lowest BCUT2D eigenvalue weighted by atomic mass is 10.3. The van der Waals surface area contributed by atoms with Gasteiger partial charge in [0.2, 0.25) is 5.78 Å². The molecule has 0 bridgehead atoms. The van der Waals surface area contributed by atoms with Crippen molar-refractivity contribution < 1.29 is 0 Å². The molecule has 4 nitrogen and oxygen atoms in total. The Morgan fingerprint density at radius 1 is 1.35 bits per heavy atom. The van der Waals surface area contributed by atoms with Crippen LogP contribution in [0.3, 0.4) is 0 Å². The number of hydrogen-bond acceptors (Lipinski definition) is 2. The Balaban J connectivity index is 2.43. The van der Waals surface area contributed by atoms with Crippen LogP contribution in [0.15, 0.2) is 28.9 Å². The van der Waals surface area contributed by atoms with E-state index in [0.29, 0.717) is 0 Å². The van der Waals surface area contributed by atoms with Crippen LogP contribution in [0.25, 0.3) is 16.8 Å². The summed E-state index contributed by atoms with van der Waals surface area (Å²) in [6.45, 7) is 0.814. The third-order valence-corrected chi connectivity index (χ3v) is 3.84. The maximum Gasteiger partial charge on any atom is 0.215 e. The highest BCUT2D eigenvalue weighted by Gasteiger charge is 2.16. The third-order valence-electron chi connectivity index (χ3n) is 3.03. The number of nitrogens with one attached hydrogen (secondary N) is 1. The summed E-state index contributed by atoms with van der Waals surface area (Å²) >= 11 is 3.67. The largest absolute Gasteiger partial charge is 0.315 e. The van der Waals surface area contributed by atoms with Crippen LogP contribution in [-0.4, -0.2) is 21.0 Å². The van der Waals surface area contributed by atoms with E-state index in [9.17, 15) is 0 Å². The van der Waals surface area contributed by atoms with E-state index < -0.39 is 0 Å². The summed E-state index contributed by atoms with van der Waals surface area (Å²) < 4.78 is 5.32. The Kier molecular flexibility index (Phi) is 2.45. The zero-order chi connectivity index (χ0) is 12.0. The molecule has 2 heterocycles. The summed E-state index contributed by atoms with van der Waals surface area (Å²) in [5.74, 6) is 0.961. The van der Waals surface area contributed by atoms with Crippen molar-refractivity contribution in [2.24, 2.45) is 7.05 Å². The Morgan fingerprint density at radius 3 is 2.88 bits per heavy atom. The van der Waals surface area contributed by atoms with Gasteiger partial charge in [0.25, 0.3) is 0 Å². The van der Waals surface area contributed by atoms with Crippen LogP contribution in [0.4, 0.5) is 0 Å². The van der Waals surface area contributed by atoms with Crippen LogP contribution in [-0.2, 0) is 13.6 Å². The monoisotopic (exact) mass is 292 g/mol. The molecule has 3 aromatic rings. The molecular formula is C12H13BrN4. The SMILES string of the molecule is CNCc1c(Br)n2c3ccccc3nc2n1C. The predicted octanol–water partition coefficient (Wildman–Crippen LogP) is 2.31. The minimum Gasteiger partial charge on any atom is -0.315 e. The van der Waals surface area contributed by atoms with Crippen LogP contribution in [0.2, 0.25) is 0 Å². The van der Waals surface area contributed by atoms with Crippen molar-refractivity contribution in [2.45, 2.75) is 6.54 Å². The van der Waals surface area contributed by atoms with E-state index in [1.807, 2.05) is 32.3 Å². The van der Waals surface area contributed by atoms with E-state index in [4.69, 9.17) is 0 Å². The van der Waals surface area contributed by atoms with E-state index in [-0.39, 0.29) is 0 Å². The standard InChI is InChI=1S/C12H13BrN4/c1-14-7-10-11(13)17-9-6-4-3-5-8(9)15-12(17)16(10)2/h3-6,14H,7H2,1-2H3. The predicted molar refractivity (Wildman–Crippen MR) is 72.1 cm³/mol. The maximum atomic E-state index is 4.65. The van der Waals surface area contributed by atoms with Crippen molar-refractivity contribution in [2.75, 3.05) is 7.05 Å². The second-order valence-corrected chi connectivity index (χ2v) is 4.81. The average Bonchev–Trinajstić information content (AvgIpc) is 2.82. The van der Waals surface area contributed by atoms with Crippen LogP contribution in [0, 0.1) is 0 Å². The molecule has 0 spiro atoms. The molecule has 0 saturated heterocycles. The number of hydrogen-bond donors (Lipinski definition) is 1. The minimum atomic E-state index is 0.814. The van der Waals surface area contributed by atoms with Gasteiger partial charge in [0.05, 0.1) is 16.7 Å². The highest BCUT2D eigenvalue weighted by atomic mass is 79.9. The number of imidazole rings is 2. The first-order valence-corrected chi connectivity index (χ1v) is 6.28. The van der Waals surface area contributed by atoms with E-state index in [1.54, 1.807) is 0 Å². The summed E-state index contributed by atoms with van der Waals surface area (Å²) in [5, 5.41) is 3.17. The number of nitrogens with zero attached hydrogens (tertiary/aromatic N) is 3. The van der Waals surface area contributed by atoms with Gasteiger partial charge in [0.15, 0.2) is 0 Å². The van der Waals surface area contributed by atoms with Gasteiger partial charge in [0.1, 0.15) is 4.60 Å². The summed E-state index contributed by atoms with van der Waals surface area (Å²) in [4.78, 5) is 4.65. The van der Waals surface area contributed by atoms with Crippen LogP contribution < -0.4 is 5.32 Å². The van der Waals surface area contributed by atoms with Crippen molar-refractivity contribution in [3.8, 4) is 0 Å². The van der Waals surface area contributed by atoms with Crippen LogP contribution in [0.5, 0.6) is 0 Å². The summed E-state index contributed by atoms with van der Waals surface area (Å²) in [5.41, 5.74) is 3.35. The van der Waals surface area contributed by atoms with Crippen molar-refractivity contribution in [3.63, 3.8) is 0 Å². The lowest BCUT2D eigenvalue weighted by Crippen LogP contribution is -2.09. The van der Waals surface area contributed by atoms with E-state index in [1.165, 1.54) is 5.69 Å². The van der Waals surface area contributed by atoms with Crippen molar-refractivity contribution in [1.82, 2.24) is 19.3 Å². The molecule has 0 radical (unpaired) electrons. The van der Waals surface area contributed by atoms with Crippen LogP contribution >= 0.6 is 15.9 Å². The molecule has 0 amide bonds. The molecule has 0 atom stereocenters. The number of rotatable bonds is 2. The first kappa shape index (κ1) is 10.8. The molecule has 0 saturated carbocycles. The molecule has 17 heavy (non-hydrogen) atoms. The number of aryl methyl sites for hydroxylation is 1. The van der Waals surface area contributed by atoms with Crippen LogP contribution in [0.1, 0.15) is 5.69 Å². The lowest BCUT2D eigenvalue weighted by molar-refractivity contribution is 0.738. The fourth-order valence-electron chi connectivity index (χ4n) is 2.18. The Bertz CT molecular complexity index is 695. The zero-order valence-electron chi connectivity index (χ0n) is 9.74. The van der Waals surface area contributed by atoms with Gasteiger partial charge >= 0.3 is 0 Å². The van der Waals surface area contributed by atoms with Gasteiger partial charge in [-0.1, -0.05) is 12.1 Å². The van der Waals surface area contributed by atoms with Crippen molar-refractivity contribution in [3.05, 3.63) is 34.6 Å². The maximum absolute atomic E-state index is 4.65. The average molecular weight is 293 g/mol. The molecule has 0 aliphatic rings. The fourth-order valence-corrected chi connectivity index (χ4v) is 2.93. The fraction of sp³-hybridized carbons (Fsp3) is 0.250. The number of para-hydroxylation sites is 2. The molecule has 0 aliphatic carbocycles. The molecule has 0 aliphatic heterocycles. The first-order valence-electron chi connectivity index (χ1n) is 5.49. The summed E-state index contributed by atoms with van der Waals surface area (Å²) in [6.07, 6.45) is 0.